The summed E-state index contributed by atoms with van der Waals surface area (Å²) in [6.45, 7) is 0. The van der Waals surface area contributed by atoms with Crippen molar-refractivity contribution in [3.63, 3.8) is 0 Å². The van der Waals surface area contributed by atoms with E-state index in [-0.39, 0.29) is 0 Å². The van der Waals surface area contributed by atoms with Gasteiger partial charge in [-0.25, -0.2) is 24.9 Å². The molecule has 0 aliphatic heterocycles. The van der Waals surface area contributed by atoms with E-state index in [4.69, 9.17) is 24.9 Å². The predicted molar refractivity (Wildman–Crippen MR) is 248 cm³/mol. The molecule has 0 N–H and O–H groups in total. The molecule has 0 saturated heterocycles. The summed E-state index contributed by atoms with van der Waals surface area (Å²) in [6.07, 6.45) is 0. The van der Waals surface area contributed by atoms with E-state index < -0.39 is 0 Å². The van der Waals surface area contributed by atoms with Crippen molar-refractivity contribution in [1.82, 2.24) is 29.5 Å². The van der Waals surface area contributed by atoms with Crippen molar-refractivity contribution < 1.29 is 0 Å². The minimum atomic E-state index is 0.626. The Balaban J connectivity index is 0.963. The smallest absolute Gasteiger partial charge is 0.164 e. The molecule has 0 bridgehead atoms. The molecule has 61 heavy (non-hydrogen) atoms. The summed E-state index contributed by atoms with van der Waals surface area (Å²) in [5.41, 5.74) is 13.1. The van der Waals surface area contributed by atoms with Gasteiger partial charge in [0.25, 0.3) is 0 Å². The van der Waals surface area contributed by atoms with Crippen molar-refractivity contribution >= 4 is 21.9 Å². The van der Waals surface area contributed by atoms with Crippen LogP contribution < -0.4 is 0 Å². The fourth-order valence-corrected chi connectivity index (χ4v) is 8.09. The predicted octanol–water partition coefficient (Wildman–Crippen LogP) is 13.4. The van der Waals surface area contributed by atoms with Gasteiger partial charge in [0.1, 0.15) is 5.65 Å². The largest absolute Gasteiger partial charge is 0.294 e. The van der Waals surface area contributed by atoms with Gasteiger partial charge in [-0.3, -0.25) is 4.57 Å². The molecule has 6 heteroatoms. The maximum absolute atomic E-state index is 5.32. The second kappa shape index (κ2) is 15.4. The fourth-order valence-electron chi connectivity index (χ4n) is 8.09. The van der Waals surface area contributed by atoms with E-state index in [1.807, 2.05) is 72.8 Å². The molecule has 0 radical (unpaired) electrons. The lowest BCUT2D eigenvalue weighted by Crippen LogP contribution is -2.00. The Bertz CT molecular complexity index is 3270. The van der Waals surface area contributed by atoms with Crippen LogP contribution in [0.2, 0.25) is 0 Å². The third-order valence-electron chi connectivity index (χ3n) is 11.1. The Morgan fingerprint density at radius 2 is 0.689 bits per heavy atom. The molecule has 8 aromatic carbocycles. The summed E-state index contributed by atoms with van der Waals surface area (Å²) in [4.78, 5) is 25.4. The zero-order chi connectivity index (χ0) is 40.5. The first-order valence-electron chi connectivity index (χ1n) is 20.3. The van der Waals surface area contributed by atoms with Crippen LogP contribution in [0.25, 0.3) is 107 Å². The first kappa shape index (κ1) is 35.8. The molecule has 0 aliphatic carbocycles. The van der Waals surface area contributed by atoms with Crippen LogP contribution in [0, 0.1) is 0 Å². The topological polar surface area (TPSA) is 69.4 Å². The van der Waals surface area contributed by atoms with Crippen molar-refractivity contribution in [1.29, 1.82) is 0 Å². The second-order valence-electron chi connectivity index (χ2n) is 14.9. The van der Waals surface area contributed by atoms with Crippen LogP contribution in [0.15, 0.2) is 218 Å². The van der Waals surface area contributed by atoms with E-state index >= 15 is 0 Å². The van der Waals surface area contributed by atoms with Gasteiger partial charge in [0.05, 0.1) is 16.6 Å². The average Bonchev–Trinajstić information content (AvgIpc) is 3.69. The summed E-state index contributed by atoms with van der Waals surface area (Å²) in [7, 11) is 0. The van der Waals surface area contributed by atoms with Gasteiger partial charge in [0.2, 0.25) is 0 Å². The molecule has 0 atom stereocenters. The van der Waals surface area contributed by atoms with Gasteiger partial charge in [-0.1, -0.05) is 188 Å². The third-order valence-corrected chi connectivity index (χ3v) is 11.1. The van der Waals surface area contributed by atoms with Crippen molar-refractivity contribution in [2.75, 3.05) is 0 Å². The Labute approximate surface area is 353 Å². The second-order valence-corrected chi connectivity index (χ2v) is 14.9. The molecule has 11 rings (SSSR count). The first-order valence-corrected chi connectivity index (χ1v) is 20.3. The summed E-state index contributed by atoms with van der Waals surface area (Å²) in [6, 6.07) is 75.1. The highest BCUT2D eigenvalue weighted by atomic mass is 15.1. The summed E-state index contributed by atoms with van der Waals surface area (Å²) in [5, 5.41) is 2.16. The Hall–Kier alpha value is -8.35. The molecule has 0 fully saturated rings. The monoisotopic (exact) mass is 780 g/mol. The molecule has 0 unspecified atom stereocenters. The first-order chi connectivity index (χ1) is 30.2. The molecule has 0 amide bonds. The molecule has 0 saturated carbocycles. The van der Waals surface area contributed by atoms with Gasteiger partial charge in [0.15, 0.2) is 23.3 Å². The molecule has 11 aromatic rings. The molecular weight excluding hydrogens is 745 g/mol. The van der Waals surface area contributed by atoms with Crippen LogP contribution in [0.5, 0.6) is 0 Å². The lowest BCUT2D eigenvalue weighted by Gasteiger charge is -2.11. The highest BCUT2D eigenvalue weighted by molar-refractivity contribution is 6.14. The van der Waals surface area contributed by atoms with Crippen LogP contribution >= 0.6 is 0 Å². The lowest BCUT2D eigenvalue weighted by atomic mass is 9.97. The molecule has 3 aromatic heterocycles. The van der Waals surface area contributed by atoms with Crippen LogP contribution in [0.1, 0.15) is 0 Å². The number of hydrogen-bond donors (Lipinski definition) is 0. The number of benzene rings is 8. The summed E-state index contributed by atoms with van der Waals surface area (Å²) >= 11 is 0. The maximum Gasteiger partial charge on any atom is 0.164 e. The van der Waals surface area contributed by atoms with E-state index in [2.05, 4.69) is 150 Å². The van der Waals surface area contributed by atoms with E-state index in [0.717, 1.165) is 83.4 Å². The van der Waals surface area contributed by atoms with Crippen LogP contribution in [0.4, 0.5) is 0 Å². The molecule has 3 heterocycles. The van der Waals surface area contributed by atoms with E-state index in [0.29, 0.717) is 23.3 Å². The highest BCUT2D eigenvalue weighted by Crippen LogP contribution is 2.39. The molecule has 286 valence electrons. The Morgan fingerprint density at radius 1 is 0.279 bits per heavy atom. The number of nitrogens with zero attached hydrogens (tertiary/aromatic N) is 6. The lowest BCUT2D eigenvalue weighted by molar-refractivity contribution is 1.07. The zero-order valence-electron chi connectivity index (χ0n) is 33.0. The van der Waals surface area contributed by atoms with Gasteiger partial charge >= 0.3 is 0 Å². The number of rotatable bonds is 8. The summed E-state index contributed by atoms with van der Waals surface area (Å²) in [5.74, 6) is 2.58. The zero-order valence-corrected chi connectivity index (χ0v) is 33.0. The number of para-hydroxylation sites is 2. The van der Waals surface area contributed by atoms with E-state index in [9.17, 15) is 0 Å². The van der Waals surface area contributed by atoms with Crippen molar-refractivity contribution in [3.05, 3.63) is 218 Å². The van der Waals surface area contributed by atoms with Gasteiger partial charge in [-0.15, -0.1) is 0 Å². The van der Waals surface area contributed by atoms with Gasteiger partial charge in [-0.2, -0.15) is 0 Å². The van der Waals surface area contributed by atoms with Crippen molar-refractivity contribution in [3.8, 4) is 84.7 Å². The van der Waals surface area contributed by atoms with Crippen LogP contribution in [0.3, 0.4) is 0 Å². The van der Waals surface area contributed by atoms with Gasteiger partial charge in [-0.05, 0) is 52.6 Å². The Morgan fingerprint density at radius 3 is 1.30 bits per heavy atom. The number of aromatic nitrogens is 6. The standard InChI is InChI=1S/C55H36N6/c1-5-17-38(18-6-1)50-49-47-29-13-14-30-48(47)61(46-27-11-4-12-28-46)55(49)60-51(56-50)41-33-31-37(32-34-41)42-23-15-24-43(35-42)44-25-16-26-45(36-44)54-58-52(39-19-7-2-8-20-39)57-53(59-54)40-21-9-3-10-22-40/h1-36H. The normalized spacial score (nSPS) is 11.3. The average molecular weight is 781 g/mol. The number of fused-ring (bicyclic) bond motifs is 3. The number of hydrogen-bond acceptors (Lipinski definition) is 5. The van der Waals surface area contributed by atoms with Crippen molar-refractivity contribution in [2.45, 2.75) is 0 Å². The molecular formula is C55H36N6. The van der Waals surface area contributed by atoms with Crippen LogP contribution in [-0.4, -0.2) is 29.5 Å². The summed E-state index contributed by atoms with van der Waals surface area (Å²) < 4.78 is 2.25. The SMILES string of the molecule is c1ccc(-c2nc(-c3ccccc3)nc(-c3cccc(-c4cccc(-c5ccc(-c6nc(-c7ccccc7)c7c8ccccc8n(-c8ccccc8)c7n6)cc5)c4)c3)n2)cc1. The minimum absolute atomic E-state index is 0.626. The highest BCUT2D eigenvalue weighted by Gasteiger charge is 2.21. The van der Waals surface area contributed by atoms with Gasteiger partial charge < -0.3 is 0 Å². The minimum Gasteiger partial charge on any atom is -0.294 e. The van der Waals surface area contributed by atoms with Crippen molar-refractivity contribution in [2.24, 2.45) is 0 Å². The third kappa shape index (κ3) is 6.82. The van der Waals surface area contributed by atoms with Crippen LogP contribution in [-0.2, 0) is 0 Å². The fraction of sp³-hybridized carbons (Fsp3) is 0. The van der Waals surface area contributed by atoms with E-state index in [1.54, 1.807) is 0 Å². The molecule has 0 spiro atoms. The van der Waals surface area contributed by atoms with E-state index in [1.165, 1.54) is 0 Å². The quantitative estimate of drug-likeness (QED) is 0.154. The molecule has 6 nitrogen and oxygen atoms in total. The maximum atomic E-state index is 5.32. The molecule has 0 aliphatic rings. The van der Waals surface area contributed by atoms with Gasteiger partial charge in [0, 0.05) is 38.9 Å². The Kier molecular flexibility index (Phi) is 9.06.